The first kappa shape index (κ1) is 19.1. The van der Waals surface area contributed by atoms with Crippen LogP contribution in [-0.2, 0) is 0 Å². The van der Waals surface area contributed by atoms with Crippen LogP contribution >= 0.6 is 39.1 Å². The van der Waals surface area contributed by atoms with Gasteiger partial charge in [0.05, 0.1) is 11.5 Å². The number of hydrogen-bond acceptors (Lipinski definition) is 1. The molecule has 0 amide bonds. The second kappa shape index (κ2) is 11.9. The van der Waals surface area contributed by atoms with Gasteiger partial charge in [0.2, 0.25) is 0 Å². The molecule has 4 atom stereocenters. The minimum atomic E-state index is -0.581. The van der Waals surface area contributed by atoms with E-state index in [9.17, 15) is 5.11 Å². The molecule has 0 fully saturated rings. The Morgan fingerprint density at radius 1 is 1.16 bits per heavy atom. The Morgan fingerprint density at radius 3 is 2.26 bits per heavy atom. The molecule has 0 aliphatic carbocycles. The van der Waals surface area contributed by atoms with Gasteiger partial charge in [0, 0.05) is 10.2 Å². The third-order valence-corrected chi connectivity index (χ3v) is 5.22. The minimum Gasteiger partial charge on any atom is -0.391 e. The molecule has 19 heavy (non-hydrogen) atoms. The van der Waals surface area contributed by atoms with E-state index >= 15 is 0 Å². The van der Waals surface area contributed by atoms with Gasteiger partial charge in [-0.1, -0.05) is 47.0 Å². The Hall–Kier alpha value is 0.0600. The van der Waals surface area contributed by atoms with E-state index < -0.39 is 6.10 Å². The Kier molecular flexibility index (Phi) is 11.9. The van der Waals surface area contributed by atoms with Crippen molar-refractivity contribution >= 4 is 39.1 Å². The SMILES string of the molecule is C#C/C=C/CC(O)C(Cl)C/C=C\CC(Cl)C(Br)CC. The zero-order valence-corrected chi connectivity index (χ0v) is 14.2. The number of alkyl halides is 3. The molecule has 0 aromatic carbocycles. The van der Waals surface area contributed by atoms with Crippen molar-refractivity contribution in [2.45, 2.75) is 54.3 Å². The highest BCUT2D eigenvalue weighted by Gasteiger charge is 2.14. The lowest BCUT2D eigenvalue weighted by molar-refractivity contribution is 0.172. The number of terminal acetylenes is 1. The first-order chi connectivity index (χ1) is 9.02. The maximum Gasteiger partial charge on any atom is 0.0741 e. The molecule has 4 heteroatoms. The van der Waals surface area contributed by atoms with Crippen LogP contribution in [0.3, 0.4) is 0 Å². The summed E-state index contributed by atoms with van der Waals surface area (Å²) in [5.41, 5.74) is 0. The monoisotopic (exact) mass is 366 g/mol. The van der Waals surface area contributed by atoms with Crippen LogP contribution in [0.25, 0.3) is 0 Å². The third kappa shape index (κ3) is 9.57. The topological polar surface area (TPSA) is 20.2 Å². The molecule has 0 aromatic rings. The van der Waals surface area contributed by atoms with E-state index in [2.05, 4.69) is 28.8 Å². The molecule has 108 valence electrons. The molecular formula is C15H21BrCl2O. The highest BCUT2D eigenvalue weighted by atomic mass is 79.9. The Bertz CT molecular complexity index is 323. The van der Waals surface area contributed by atoms with Gasteiger partial charge in [-0.3, -0.25) is 0 Å². The van der Waals surface area contributed by atoms with Crippen molar-refractivity contribution in [1.82, 2.24) is 0 Å². The van der Waals surface area contributed by atoms with Gasteiger partial charge in [-0.2, -0.15) is 0 Å². The van der Waals surface area contributed by atoms with Crippen LogP contribution in [0.5, 0.6) is 0 Å². The van der Waals surface area contributed by atoms with E-state index in [1.54, 1.807) is 12.2 Å². The highest BCUT2D eigenvalue weighted by molar-refractivity contribution is 9.09. The highest BCUT2D eigenvalue weighted by Crippen LogP contribution is 2.19. The largest absolute Gasteiger partial charge is 0.391 e. The van der Waals surface area contributed by atoms with Crippen molar-refractivity contribution in [3.8, 4) is 12.3 Å². The van der Waals surface area contributed by atoms with E-state index in [-0.39, 0.29) is 10.8 Å². The van der Waals surface area contributed by atoms with Crippen molar-refractivity contribution in [1.29, 1.82) is 0 Å². The molecule has 1 nitrogen and oxygen atoms in total. The summed E-state index contributed by atoms with van der Waals surface area (Å²) in [6, 6.07) is 0. The Morgan fingerprint density at radius 2 is 1.74 bits per heavy atom. The van der Waals surface area contributed by atoms with E-state index in [4.69, 9.17) is 29.6 Å². The summed E-state index contributed by atoms with van der Waals surface area (Å²) < 4.78 is 0. The van der Waals surface area contributed by atoms with Gasteiger partial charge in [0.1, 0.15) is 0 Å². The summed E-state index contributed by atoms with van der Waals surface area (Å²) in [5, 5.41) is 9.53. The van der Waals surface area contributed by atoms with Crippen LogP contribution in [0.2, 0.25) is 0 Å². The lowest BCUT2D eigenvalue weighted by Gasteiger charge is -2.14. The molecule has 0 rings (SSSR count). The van der Waals surface area contributed by atoms with Crippen molar-refractivity contribution in [3.05, 3.63) is 24.3 Å². The molecule has 0 aromatic heterocycles. The molecule has 0 heterocycles. The smallest absolute Gasteiger partial charge is 0.0741 e. The maximum atomic E-state index is 9.76. The fourth-order valence-corrected chi connectivity index (χ4v) is 2.14. The van der Waals surface area contributed by atoms with Crippen LogP contribution in [-0.4, -0.2) is 26.8 Å². The first-order valence-corrected chi connectivity index (χ1v) is 8.18. The summed E-state index contributed by atoms with van der Waals surface area (Å²) in [5.74, 6) is 2.37. The van der Waals surface area contributed by atoms with E-state index in [1.165, 1.54) is 0 Å². The fourth-order valence-electron chi connectivity index (χ4n) is 1.44. The average Bonchev–Trinajstić information content (AvgIpc) is 2.42. The van der Waals surface area contributed by atoms with Crippen LogP contribution < -0.4 is 0 Å². The summed E-state index contributed by atoms with van der Waals surface area (Å²) in [4.78, 5) is 0.324. The lowest BCUT2D eigenvalue weighted by atomic mass is 10.1. The van der Waals surface area contributed by atoms with E-state index in [1.807, 2.05) is 12.2 Å². The molecule has 0 radical (unpaired) electrons. The van der Waals surface area contributed by atoms with Crippen LogP contribution in [0.15, 0.2) is 24.3 Å². The van der Waals surface area contributed by atoms with Gasteiger partial charge in [0.25, 0.3) is 0 Å². The van der Waals surface area contributed by atoms with Gasteiger partial charge < -0.3 is 5.11 Å². The number of allylic oxidation sites excluding steroid dienone is 3. The normalized spacial score (nSPS) is 18.3. The second-order valence-corrected chi connectivity index (χ2v) is 6.57. The number of aliphatic hydroxyl groups is 1. The van der Waals surface area contributed by atoms with Gasteiger partial charge >= 0.3 is 0 Å². The van der Waals surface area contributed by atoms with Crippen molar-refractivity contribution < 1.29 is 5.11 Å². The van der Waals surface area contributed by atoms with Crippen LogP contribution in [0.1, 0.15) is 32.6 Å². The molecule has 0 saturated carbocycles. The zero-order chi connectivity index (χ0) is 14.7. The van der Waals surface area contributed by atoms with E-state index in [0.717, 1.165) is 12.8 Å². The lowest BCUT2D eigenvalue weighted by Crippen LogP contribution is -2.19. The third-order valence-electron chi connectivity index (χ3n) is 2.68. The molecular weight excluding hydrogens is 347 g/mol. The van der Waals surface area contributed by atoms with Crippen molar-refractivity contribution in [2.24, 2.45) is 0 Å². The van der Waals surface area contributed by atoms with Crippen LogP contribution in [0, 0.1) is 12.3 Å². The number of halogens is 3. The van der Waals surface area contributed by atoms with Crippen molar-refractivity contribution in [2.75, 3.05) is 0 Å². The van der Waals surface area contributed by atoms with Gasteiger partial charge in [-0.25, -0.2) is 0 Å². The number of hydrogen-bond donors (Lipinski definition) is 1. The maximum absolute atomic E-state index is 9.76. The molecule has 1 N–H and O–H groups in total. The Balaban J connectivity index is 3.92. The number of rotatable bonds is 9. The number of aliphatic hydroxyl groups excluding tert-OH is 1. The zero-order valence-electron chi connectivity index (χ0n) is 11.1. The molecule has 0 aliphatic heterocycles. The molecule has 0 spiro atoms. The first-order valence-electron chi connectivity index (χ1n) is 6.39. The van der Waals surface area contributed by atoms with Crippen LogP contribution in [0.4, 0.5) is 0 Å². The predicted octanol–water partition coefficient (Wildman–Crippen LogP) is 4.65. The molecule has 0 bridgehead atoms. The molecule has 4 unspecified atom stereocenters. The predicted molar refractivity (Wildman–Crippen MR) is 89.3 cm³/mol. The summed E-state index contributed by atoms with van der Waals surface area (Å²) in [6.07, 6.45) is 14.7. The average molecular weight is 368 g/mol. The molecule has 0 aliphatic rings. The van der Waals surface area contributed by atoms with Gasteiger partial charge in [-0.05, 0) is 31.8 Å². The quantitative estimate of drug-likeness (QED) is 0.357. The second-order valence-electron chi connectivity index (χ2n) is 4.27. The summed E-state index contributed by atoms with van der Waals surface area (Å²) in [7, 11) is 0. The van der Waals surface area contributed by atoms with E-state index in [0.29, 0.717) is 17.7 Å². The van der Waals surface area contributed by atoms with Crippen molar-refractivity contribution in [3.63, 3.8) is 0 Å². The Labute approximate surface area is 135 Å². The standard InChI is InChI=1S/C15H21BrCl2O/c1-3-5-6-11-15(19)14(18)10-8-7-9-13(17)12(16)4-2/h1,5-8,12-15,19H,4,9-11H2,2H3/b6-5+,8-7-. The summed E-state index contributed by atoms with van der Waals surface area (Å²) in [6.45, 7) is 2.09. The molecule has 0 saturated heterocycles. The van der Waals surface area contributed by atoms with Gasteiger partial charge in [-0.15, -0.1) is 29.6 Å². The minimum absolute atomic E-state index is 0.0820. The van der Waals surface area contributed by atoms with Gasteiger partial charge in [0.15, 0.2) is 0 Å². The summed E-state index contributed by atoms with van der Waals surface area (Å²) >= 11 is 15.8. The fraction of sp³-hybridized carbons (Fsp3) is 0.600.